The van der Waals surface area contributed by atoms with E-state index in [0.717, 1.165) is 42.8 Å². The average Bonchev–Trinajstić information content (AvgIpc) is 3.14. The van der Waals surface area contributed by atoms with Crippen molar-refractivity contribution in [3.63, 3.8) is 0 Å². The fourth-order valence-electron chi connectivity index (χ4n) is 8.31. The fraction of sp³-hybridized carbons (Fsp3) is 0.600. The van der Waals surface area contributed by atoms with E-state index in [1.807, 2.05) is 31.2 Å². The van der Waals surface area contributed by atoms with Crippen LogP contribution < -0.4 is 18.9 Å². The van der Waals surface area contributed by atoms with Gasteiger partial charge in [0.05, 0.1) is 46.9 Å². The highest BCUT2D eigenvalue weighted by molar-refractivity contribution is 5.84. The predicted octanol–water partition coefficient (Wildman–Crippen LogP) is 5.08. The van der Waals surface area contributed by atoms with Crippen molar-refractivity contribution in [2.45, 2.75) is 71.4 Å². The summed E-state index contributed by atoms with van der Waals surface area (Å²) in [5.74, 6) is 1.12. The number of hydrogen-bond donors (Lipinski definition) is 1. The molecular weight excluding hydrogens is 668 g/mol. The van der Waals surface area contributed by atoms with Gasteiger partial charge in [0.2, 0.25) is 0 Å². The van der Waals surface area contributed by atoms with Gasteiger partial charge in [-0.1, -0.05) is 13.8 Å². The van der Waals surface area contributed by atoms with E-state index in [9.17, 15) is 19.2 Å². The number of esters is 1. The average molecular weight is 723 g/mol. The van der Waals surface area contributed by atoms with E-state index in [0.29, 0.717) is 62.6 Å². The number of fused-ring (bicyclic) bond motifs is 6. The minimum atomic E-state index is -0.837. The summed E-state index contributed by atoms with van der Waals surface area (Å²) in [4.78, 5) is 53.2. The van der Waals surface area contributed by atoms with Crippen molar-refractivity contribution in [3.05, 3.63) is 46.5 Å². The van der Waals surface area contributed by atoms with Crippen molar-refractivity contribution < 1.29 is 48.0 Å². The molecular formula is C40H54N2O10. The number of Topliss-reactive ketones (excluding diaryl/α,β-unsaturated/α-hetero) is 2. The number of ketones is 2. The molecule has 4 aliphatic rings. The summed E-state index contributed by atoms with van der Waals surface area (Å²) in [6, 6.07) is 8.17. The van der Waals surface area contributed by atoms with Crippen LogP contribution in [-0.4, -0.2) is 99.6 Å². The van der Waals surface area contributed by atoms with Crippen LogP contribution in [0.25, 0.3) is 0 Å². The summed E-state index contributed by atoms with van der Waals surface area (Å²) in [5.41, 5.74) is 4.70. The Morgan fingerprint density at radius 1 is 0.712 bits per heavy atom. The number of hydrogen-bond acceptors (Lipinski definition) is 11. The lowest BCUT2D eigenvalue weighted by molar-refractivity contribution is -0.148. The van der Waals surface area contributed by atoms with Gasteiger partial charge >= 0.3 is 11.9 Å². The molecule has 4 heterocycles. The SMILES string of the molecule is CCOC(=O)C(C)C[C@H]1CN2CCc3cc(OC)c(OC)cc3[C@@H]2CC1=O.COc1cc2c(cc1OC)[C@@H]1CC(=O)[C@@H](CC(C)C(=O)O)CN1CC2. The maximum atomic E-state index is 12.8. The van der Waals surface area contributed by atoms with Gasteiger partial charge in [0, 0.05) is 62.9 Å². The Kier molecular flexibility index (Phi) is 12.9. The number of methoxy groups -OCH3 is 4. The standard InChI is InChI=1S/C21H29NO5.C19H25NO5/c1-5-27-21(24)13(2)8-15-12-22-7-6-14-9-19(25-3)20(26-4)10-16(14)17(22)11-18(15)23;1-11(19(22)23)6-13-10-20-5-4-12-7-17(24-2)18(25-3)8-14(12)15(20)9-16(13)21/h9-10,13,15,17H,5-8,11-12H2,1-4H3;7-8,11,13,15H,4-6,9-10H2,1-3H3,(H,22,23)/t13?,15-,17-;11?,13-,15-/m00/s1. The van der Waals surface area contributed by atoms with E-state index >= 15 is 0 Å². The van der Waals surface area contributed by atoms with E-state index in [1.165, 1.54) is 11.1 Å². The van der Waals surface area contributed by atoms with Gasteiger partial charge in [-0.05, 0) is 79.1 Å². The molecule has 4 aliphatic heterocycles. The molecule has 0 radical (unpaired) electrons. The number of carboxylic acids is 1. The van der Waals surface area contributed by atoms with Crippen LogP contribution in [-0.2, 0) is 36.8 Å². The Morgan fingerprint density at radius 3 is 1.50 bits per heavy atom. The first-order valence-electron chi connectivity index (χ1n) is 18.3. The zero-order valence-corrected chi connectivity index (χ0v) is 31.6. The number of benzene rings is 2. The fourth-order valence-corrected chi connectivity index (χ4v) is 8.31. The van der Waals surface area contributed by atoms with E-state index in [-0.39, 0.29) is 47.4 Å². The lowest BCUT2D eigenvalue weighted by Gasteiger charge is -2.43. The number of aliphatic carboxylic acids is 1. The Bertz CT molecular complexity index is 1640. The molecule has 0 bridgehead atoms. The lowest BCUT2D eigenvalue weighted by Crippen LogP contribution is -2.47. The maximum absolute atomic E-state index is 12.8. The van der Waals surface area contributed by atoms with Gasteiger partial charge in [0.25, 0.3) is 0 Å². The molecule has 6 rings (SSSR count). The highest BCUT2D eigenvalue weighted by Gasteiger charge is 2.41. The number of piperidine rings is 2. The Hall–Kier alpha value is -4.16. The van der Waals surface area contributed by atoms with Crippen molar-refractivity contribution in [2.24, 2.45) is 23.7 Å². The zero-order valence-electron chi connectivity index (χ0n) is 31.6. The molecule has 0 spiro atoms. The largest absolute Gasteiger partial charge is 0.493 e. The molecule has 0 saturated carbocycles. The van der Waals surface area contributed by atoms with Crippen LogP contribution in [0.2, 0.25) is 0 Å². The van der Waals surface area contributed by atoms with Crippen molar-refractivity contribution >= 4 is 23.5 Å². The van der Waals surface area contributed by atoms with E-state index in [1.54, 1.807) is 42.3 Å². The molecule has 12 nitrogen and oxygen atoms in total. The van der Waals surface area contributed by atoms with Gasteiger partial charge < -0.3 is 28.8 Å². The topological polar surface area (TPSA) is 141 Å². The van der Waals surface area contributed by atoms with Crippen molar-refractivity contribution in [1.82, 2.24) is 9.80 Å². The summed E-state index contributed by atoms with van der Waals surface area (Å²) in [7, 11) is 6.50. The molecule has 12 heteroatoms. The second-order valence-corrected chi connectivity index (χ2v) is 14.4. The Morgan fingerprint density at radius 2 is 1.12 bits per heavy atom. The molecule has 2 unspecified atom stereocenters. The molecule has 1 N–H and O–H groups in total. The number of carbonyl (C=O) groups is 4. The minimum absolute atomic E-state index is 0.0486. The maximum Gasteiger partial charge on any atom is 0.308 e. The van der Waals surface area contributed by atoms with Crippen LogP contribution in [0.3, 0.4) is 0 Å². The van der Waals surface area contributed by atoms with Crippen molar-refractivity contribution in [2.75, 3.05) is 61.2 Å². The van der Waals surface area contributed by atoms with Crippen LogP contribution in [0.15, 0.2) is 24.3 Å². The second-order valence-electron chi connectivity index (χ2n) is 14.4. The normalized spacial score (nSPS) is 23.7. The molecule has 2 aromatic carbocycles. The number of ether oxygens (including phenoxy) is 5. The van der Waals surface area contributed by atoms with Gasteiger partial charge in [-0.25, -0.2) is 0 Å². The number of carboxylic acid groups (broad SMARTS) is 1. The number of nitrogens with zero attached hydrogens (tertiary/aromatic N) is 2. The first-order chi connectivity index (χ1) is 24.9. The van der Waals surface area contributed by atoms with Crippen LogP contribution >= 0.6 is 0 Å². The minimum Gasteiger partial charge on any atom is -0.493 e. The van der Waals surface area contributed by atoms with Gasteiger partial charge in [0.1, 0.15) is 11.6 Å². The molecule has 6 atom stereocenters. The zero-order chi connectivity index (χ0) is 37.7. The van der Waals surface area contributed by atoms with Crippen molar-refractivity contribution in [3.8, 4) is 23.0 Å². The summed E-state index contributed by atoms with van der Waals surface area (Å²) < 4.78 is 26.8. The molecule has 0 aliphatic carbocycles. The van der Waals surface area contributed by atoms with Gasteiger partial charge in [-0.15, -0.1) is 0 Å². The highest BCUT2D eigenvalue weighted by atomic mass is 16.5. The molecule has 2 aromatic rings. The van der Waals surface area contributed by atoms with E-state index < -0.39 is 11.9 Å². The molecule has 0 amide bonds. The molecule has 0 aromatic heterocycles. The summed E-state index contributed by atoms with van der Waals surface area (Å²) >= 11 is 0. The number of carbonyl (C=O) groups excluding carboxylic acids is 3. The Labute approximate surface area is 306 Å². The number of rotatable bonds is 11. The van der Waals surface area contributed by atoms with Gasteiger partial charge in [-0.2, -0.15) is 0 Å². The smallest absolute Gasteiger partial charge is 0.308 e. The van der Waals surface area contributed by atoms with Crippen molar-refractivity contribution in [1.29, 1.82) is 0 Å². The second kappa shape index (κ2) is 17.1. The molecule has 2 fully saturated rings. The third-order valence-corrected chi connectivity index (χ3v) is 11.2. The lowest BCUT2D eigenvalue weighted by atomic mass is 9.80. The van der Waals surface area contributed by atoms with Gasteiger partial charge in [-0.3, -0.25) is 29.0 Å². The van der Waals surface area contributed by atoms with Crippen LogP contribution in [0.4, 0.5) is 0 Å². The summed E-state index contributed by atoms with van der Waals surface area (Å²) in [6.45, 7) is 8.80. The Balaban J connectivity index is 0.000000202. The first kappa shape index (κ1) is 39.1. The molecule has 284 valence electrons. The highest BCUT2D eigenvalue weighted by Crippen LogP contribution is 2.44. The van der Waals surface area contributed by atoms with Crippen LogP contribution in [0.5, 0.6) is 23.0 Å². The summed E-state index contributed by atoms with van der Waals surface area (Å²) in [5, 5.41) is 9.12. The van der Waals surface area contributed by atoms with E-state index in [2.05, 4.69) is 9.80 Å². The quantitative estimate of drug-likeness (QED) is 0.309. The molecule has 52 heavy (non-hydrogen) atoms. The van der Waals surface area contributed by atoms with Crippen LogP contribution in [0, 0.1) is 23.7 Å². The molecule has 2 saturated heterocycles. The van der Waals surface area contributed by atoms with Crippen LogP contribution in [0.1, 0.15) is 80.8 Å². The predicted molar refractivity (Wildman–Crippen MR) is 193 cm³/mol. The monoisotopic (exact) mass is 722 g/mol. The summed E-state index contributed by atoms with van der Waals surface area (Å²) in [6.07, 6.45) is 3.68. The third kappa shape index (κ3) is 8.39. The van der Waals surface area contributed by atoms with E-state index in [4.69, 9.17) is 28.8 Å². The first-order valence-corrected chi connectivity index (χ1v) is 18.3. The van der Waals surface area contributed by atoms with Gasteiger partial charge in [0.15, 0.2) is 23.0 Å². The third-order valence-electron chi connectivity index (χ3n) is 11.2.